The number of carbonyl (C=O) groups excluding carboxylic acids is 1. The maximum Gasteiger partial charge on any atom is 0.296 e. The molecule has 0 radical (unpaired) electrons. The minimum absolute atomic E-state index is 0.0259. The number of amides is 1. The van der Waals surface area contributed by atoms with E-state index in [-0.39, 0.29) is 17.1 Å². The summed E-state index contributed by atoms with van der Waals surface area (Å²) in [5.41, 5.74) is 1.22. The number of nitrogens with zero attached hydrogens (tertiary/aromatic N) is 3. The van der Waals surface area contributed by atoms with Gasteiger partial charge < -0.3 is 14.8 Å². The summed E-state index contributed by atoms with van der Waals surface area (Å²) in [6, 6.07) is 22.1. The molecule has 4 rings (SSSR count). The quantitative estimate of drug-likeness (QED) is 0.300. The van der Waals surface area contributed by atoms with Crippen molar-refractivity contribution in [1.82, 2.24) is 14.7 Å². The Labute approximate surface area is 233 Å². The van der Waals surface area contributed by atoms with Crippen molar-refractivity contribution in [2.24, 2.45) is 7.05 Å². The zero-order chi connectivity index (χ0) is 28.9. The Morgan fingerprint density at radius 2 is 1.55 bits per heavy atom. The van der Waals surface area contributed by atoms with E-state index in [0.29, 0.717) is 29.3 Å². The average Bonchev–Trinajstić information content (AvgIpc) is 3.19. The molecule has 0 unspecified atom stereocenters. The molecule has 1 heterocycles. The molecule has 0 aliphatic rings. The summed E-state index contributed by atoms with van der Waals surface area (Å²) >= 11 is 0. The van der Waals surface area contributed by atoms with Gasteiger partial charge in [-0.2, -0.15) is 0 Å². The third-order valence-corrected chi connectivity index (χ3v) is 8.34. The lowest BCUT2D eigenvalue weighted by Gasteiger charge is -2.23. The molecule has 0 aliphatic heterocycles. The summed E-state index contributed by atoms with van der Waals surface area (Å²) in [6.45, 7) is 1.33. The summed E-state index contributed by atoms with van der Waals surface area (Å²) in [5.74, 6) is 0.617. The zero-order valence-electron chi connectivity index (χ0n) is 22.8. The van der Waals surface area contributed by atoms with Crippen molar-refractivity contribution < 1.29 is 22.7 Å². The summed E-state index contributed by atoms with van der Waals surface area (Å²) in [5, 5.41) is 2.78. The number of anilines is 1. The number of hydrogen-bond donors (Lipinski definition) is 1. The van der Waals surface area contributed by atoms with Gasteiger partial charge >= 0.3 is 0 Å². The van der Waals surface area contributed by atoms with E-state index in [1.807, 2.05) is 18.2 Å². The van der Waals surface area contributed by atoms with Crippen molar-refractivity contribution in [3.05, 3.63) is 100 Å². The van der Waals surface area contributed by atoms with Gasteiger partial charge in [-0.05, 0) is 55.3 Å². The summed E-state index contributed by atoms with van der Waals surface area (Å²) in [6.07, 6.45) is 0.475. The Hall–Kier alpha value is -4.51. The van der Waals surface area contributed by atoms with Crippen LogP contribution in [0.4, 0.5) is 5.69 Å². The van der Waals surface area contributed by atoms with Crippen molar-refractivity contribution in [1.29, 1.82) is 0 Å². The Kier molecular flexibility index (Phi) is 8.64. The van der Waals surface area contributed by atoms with Crippen LogP contribution in [0.2, 0.25) is 0 Å². The number of nitrogens with one attached hydrogen (secondary N) is 1. The molecule has 4 aromatic rings. The molecular formula is C29H32N4O6S. The normalized spacial score (nSPS) is 11.2. The molecule has 10 nitrogen and oxygen atoms in total. The van der Waals surface area contributed by atoms with Gasteiger partial charge in [0.1, 0.15) is 12.2 Å². The molecule has 210 valence electrons. The molecule has 0 atom stereocenters. The van der Waals surface area contributed by atoms with E-state index in [1.54, 1.807) is 81.4 Å². The Morgan fingerprint density at radius 1 is 0.925 bits per heavy atom. The van der Waals surface area contributed by atoms with Gasteiger partial charge in [0, 0.05) is 13.6 Å². The molecule has 0 fully saturated rings. The van der Waals surface area contributed by atoms with Crippen LogP contribution in [0.15, 0.2) is 88.6 Å². The summed E-state index contributed by atoms with van der Waals surface area (Å²) in [4.78, 5) is 26.8. The van der Waals surface area contributed by atoms with Gasteiger partial charge in [0.25, 0.3) is 15.6 Å². The standard InChI is InChI=1S/C29H32N4O6S/c1-21-28(29(35)33(31(21)2)23-11-7-5-8-12-23)32(40(36,37)24-13-9-6-10-14-24)20-27(34)30-18-17-22-15-16-25(38-3)26(19-22)39-4/h5-16,19H,17-18,20H2,1-4H3,(H,30,34). The van der Waals surface area contributed by atoms with Gasteiger partial charge in [-0.25, -0.2) is 17.4 Å². The van der Waals surface area contributed by atoms with Gasteiger partial charge in [-0.15, -0.1) is 0 Å². The van der Waals surface area contributed by atoms with E-state index in [9.17, 15) is 18.0 Å². The lowest BCUT2D eigenvalue weighted by molar-refractivity contribution is -0.119. The van der Waals surface area contributed by atoms with E-state index < -0.39 is 28.0 Å². The van der Waals surface area contributed by atoms with Crippen molar-refractivity contribution in [2.75, 3.05) is 31.6 Å². The predicted molar refractivity (Wildman–Crippen MR) is 153 cm³/mol. The highest BCUT2D eigenvalue weighted by Gasteiger charge is 2.33. The first-order valence-electron chi connectivity index (χ1n) is 12.6. The molecule has 0 aliphatic carbocycles. The molecule has 0 saturated heterocycles. The van der Waals surface area contributed by atoms with E-state index in [0.717, 1.165) is 9.87 Å². The number of aromatic nitrogens is 2. The first-order valence-corrected chi connectivity index (χ1v) is 14.0. The topological polar surface area (TPSA) is 112 Å². The number of rotatable bonds is 11. The minimum atomic E-state index is -4.26. The van der Waals surface area contributed by atoms with Crippen molar-refractivity contribution in [3.63, 3.8) is 0 Å². The molecule has 1 N–H and O–H groups in total. The molecule has 11 heteroatoms. The Morgan fingerprint density at radius 3 is 2.17 bits per heavy atom. The first-order chi connectivity index (χ1) is 19.2. The molecule has 0 spiro atoms. The Bertz CT molecular complexity index is 1650. The lowest BCUT2D eigenvalue weighted by Crippen LogP contribution is -2.43. The highest BCUT2D eigenvalue weighted by Crippen LogP contribution is 2.28. The number of methoxy groups -OCH3 is 2. The predicted octanol–water partition coefficient (Wildman–Crippen LogP) is 3.06. The van der Waals surface area contributed by atoms with E-state index in [1.165, 1.54) is 16.8 Å². The largest absolute Gasteiger partial charge is 0.493 e. The summed E-state index contributed by atoms with van der Waals surface area (Å²) in [7, 11) is 0.508. The van der Waals surface area contributed by atoms with Crippen molar-refractivity contribution >= 4 is 21.6 Å². The molecule has 1 amide bonds. The SMILES string of the molecule is COc1ccc(CCNC(=O)CN(c2c(C)n(C)n(-c3ccccc3)c2=O)S(=O)(=O)c2ccccc2)cc1OC. The van der Waals surface area contributed by atoms with Gasteiger partial charge in [0.15, 0.2) is 11.5 Å². The second-order valence-corrected chi connectivity index (χ2v) is 10.9. The number of hydrogen-bond acceptors (Lipinski definition) is 6. The zero-order valence-corrected chi connectivity index (χ0v) is 23.6. The molecular weight excluding hydrogens is 532 g/mol. The smallest absolute Gasteiger partial charge is 0.296 e. The summed E-state index contributed by atoms with van der Waals surface area (Å²) < 4.78 is 42.1. The number of sulfonamides is 1. The second-order valence-electron chi connectivity index (χ2n) is 9.02. The van der Waals surface area contributed by atoms with Crippen LogP contribution in [0.1, 0.15) is 11.3 Å². The third-order valence-electron chi connectivity index (χ3n) is 6.58. The fraction of sp³-hybridized carbons (Fsp3) is 0.241. The van der Waals surface area contributed by atoms with Crippen LogP contribution in [0.25, 0.3) is 5.69 Å². The van der Waals surface area contributed by atoms with Crippen LogP contribution in [-0.2, 0) is 28.3 Å². The van der Waals surface area contributed by atoms with Gasteiger partial charge in [0.05, 0.1) is 30.5 Å². The van der Waals surface area contributed by atoms with Gasteiger partial charge in [0.2, 0.25) is 5.91 Å². The van der Waals surface area contributed by atoms with Crippen LogP contribution in [-0.4, -0.2) is 51.0 Å². The van der Waals surface area contributed by atoms with Gasteiger partial charge in [-0.3, -0.25) is 14.3 Å². The molecule has 40 heavy (non-hydrogen) atoms. The molecule has 0 bridgehead atoms. The molecule has 0 saturated carbocycles. The highest BCUT2D eigenvalue weighted by atomic mass is 32.2. The lowest BCUT2D eigenvalue weighted by atomic mass is 10.1. The van der Waals surface area contributed by atoms with Crippen molar-refractivity contribution in [3.8, 4) is 17.2 Å². The average molecular weight is 565 g/mol. The van der Waals surface area contributed by atoms with Crippen molar-refractivity contribution in [2.45, 2.75) is 18.2 Å². The van der Waals surface area contributed by atoms with E-state index in [4.69, 9.17) is 9.47 Å². The van der Waals surface area contributed by atoms with Crippen LogP contribution < -0.4 is 24.7 Å². The van der Waals surface area contributed by atoms with Crippen LogP contribution in [0, 0.1) is 6.92 Å². The second kappa shape index (κ2) is 12.1. The number of ether oxygens (including phenoxy) is 2. The fourth-order valence-electron chi connectivity index (χ4n) is 4.41. The van der Waals surface area contributed by atoms with E-state index in [2.05, 4.69) is 5.32 Å². The minimum Gasteiger partial charge on any atom is -0.493 e. The van der Waals surface area contributed by atoms with Crippen LogP contribution in [0.3, 0.4) is 0 Å². The molecule has 1 aromatic heterocycles. The number of para-hydroxylation sites is 1. The maximum atomic E-state index is 13.8. The molecule has 3 aromatic carbocycles. The fourth-order valence-corrected chi connectivity index (χ4v) is 5.91. The van der Waals surface area contributed by atoms with Crippen LogP contribution >= 0.6 is 0 Å². The van der Waals surface area contributed by atoms with Gasteiger partial charge in [-0.1, -0.05) is 42.5 Å². The monoisotopic (exact) mass is 564 g/mol. The third kappa shape index (κ3) is 5.74. The number of benzene rings is 3. The van der Waals surface area contributed by atoms with E-state index >= 15 is 0 Å². The first kappa shape index (κ1) is 28.5. The number of carbonyl (C=O) groups is 1. The van der Waals surface area contributed by atoms with Crippen LogP contribution in [0.5, 0.6) is 11.5 Å². The maximum absolute atomic E-state index is 13.8. The highest BCUT2D eigenvalue weighted by molar-refractivity contribution is 7.92. The Balaban J connectivity index is 1.64.